The monoisotopic (exact) mass is 236 g/mol. The molecule has 1 atom stereocenters. The molecule has 0 saturated heterocycles. The molecule has 1 N–H and O–H groups in total. The molecule has 0 rings (SSSR count). The standard InChI is InChI=1S/C15H24O2/c1-6-15(5,17)9-7-8-13(4)11-14(16)10-12(2)3/h6,10-11,17H,1,7-9H2,2-5H3/b13-11+. The highest BCUT2D eigenvalue weighted by Crippen LogP contribution is 2.17. The molecule has 0 aliphatic rings. The van der Waals surface area contributed by atoms with Crippen molar-refractivity contribution in [3.05, 3.63) is 36.0 Å². The topological polar surface area (TPSA) is 37.3 Å². The molecule has 0 bridgehead atoms. The molecule has 0 spiro atoms. The van der Waals surface area contributed by atoms with Gasteiger partial charge in [0, 0.05) is 0 Å². The van der Waals surface area contributed by atoms with E-state index in [0.29, 0.717) is 6.42 Å². The molecule has 0 radical (unpaired) electrons. The molecule has 0 heterocycles. The SMILES string of the molecule is C=CC(C)(O)CCC/C(C)=C/C(=O)C=C(C)C. The largest absolute Gasteiger partial charge is 0.386 e. The van der Waals surface area contributed by atoms with Crippen LogP contribution in [0.15, 0.2) is 36.0 Å². The maximum atomic E-state index is 11.5. The first-order valence-electron chi connectivity index (χ1n) is 5.99. The summed E-state index contributed by atoms with van der Waals surface area (Å²) in [6.45, 7) is 11.1. The van der Waals surface area contributed by atoms with Crippen molar-refractivity contribution in [1.82, 2.24) is 0 Å². The van der Waals surface area contributed by atoms with Crippen LogP contribution in [0.1, 0.15) is 47.0 Å². The van der Waals surface area contributed by atoms with Crippen LogP contribution in [-0.2, 0) is 4.79 Å². The molecule has 0 fully saturated rings. The molecule has 0 aromatic heterocycles. The Morgan fingerprint density at radius 1 is 1.29 bits per heavy atom. The van der Waals surface area contributed by atoms with Crippen LogP contribution in [0.2, 0.25) is 0 Å². The first-order valence-corrected chi connectivity index (χ1v) is 5.99. The molecule has 0 amide bonds. The molecule has 1 unspecified atom stereocenters. The van der Waals surface area contributed by atoms with Gasteiger partial charge >= 0.3 is 0 Å². The van der Waals surface area contributed by atoms with Gasteiger partial charge in [-0.1, -0.05) is 17.2 Å². The van der Waals surface area contributed by atoms with Crippen LogP contribution in [0.25, 0.3) is 0 Å². The lowest BCUT2D eigenvalue weighted by atomic mass is 9.97. The minimum Gasteiger partial charge on any atom is -0.386 e. The smallest absolute Gasteiger partial charge is 0.178 e. The number of carbonyl (C=O) groups excluding carboxylic acids is 1. The van der Waals surface area contributed by atoms with Gasteiger partial charge in [0.15, 0.2) is 5.78 Å². The fraction of sp³-hybridized carbons (Fsp3) is 0.533. The zero-order chi connectivity index (χ0) is 13.5. The van der Waals surface area contributed by atoms with Gasteiger partial charge in [-0.15, -0.1) is 6.58 Å². The lowest BCUT2D eigenvalue weighted by molar-refractivity contribution is -0.110. The lowest BCUT2D eigenvalue weighted by Gasteiger charge is -2.17. The van der Waals surface area contributed by atoms with Crippen LogP contribution in [0, 0.1) is 0 Å². The van der Waals surface area contributed by atoms with Crippen molar-refractivity contribution >= 4 is 5.78 Å². The van der Waals surface area contributed by atoms with Crippen molar-refractivity contribution in [2.45, 2.75) is 52.6 Å². The number of hydrogen-bond acceptors (Lipinski definition) is 2. The van der Waals surface area contributed by atoms with Gasteiger partial charge in [-0.25, -0.2) is 0 Å². The summed E-state index contributed by atoms with van der Waals surface area (Å²) in [5.41, 5.74) is 1.26. The molecule has 0 aliphatic heterocycles. The number of aliphatic hydroxyl groups is 1. The summed E-state index contributed by atoms with van der Waals surface area (Å²) in [5, 5.41) is 9.72. The van der Waals surface area contributed by atoms with E-state index in [1.165, 1.54) is 0 Å². The molecular formula is C15H24O2. The van der Waals surface area contributed by atoms with E-state index in [-0.39, 0.29) is 5.78 Å². The summed E-state index contributed by atoms with van der Waals surface area (Å²) in [6, 6.07) is 0. The lowest BCUT2D eigenvalue weighted by Crippen LogP contribution is -2.19. The molecule has 0 aromatic carbocycles. The van der Waals surface area contributed by atoms with Gasteiger partial charge in [-0.3, -0.25) is 4.79 Å². The second-order valence-corrected chi connectivity index (χ2v) is 5.03. The third-order valence-corrected chi connectivity index (χ3v) is 2.51. The zero-order valence-electron chi connectivity index (χ0n) is 11.4. The van der Waals surface area contributed by atoms with Gasteiger partial charge in [-0.05, 0) is 59.1 Å². The molecule has 17 heavy (non-hydrogen) atoms. The predicted molar refractivity (Wildman–Crippen MR) is 72.9 cm³/mol. The third-order valence-electron chi connectivity index (χ3n) is 2.51. The summed E-state index contributed by atoms with van der Waals surface area (Å²) in [6.07, 6.45) is 7.19. The minimum absolute atomic E-state index is 0.0398. The van der Waals surface area contributed by atoms with E-state index < -0.39 is 5.60 Å². The van der Waals surface area contributed by atoms with Gasteiger partial charge in [-0.2, -0.15) is 0 Å². The first kappa shape index (κ1) is 15.9. The third kappa shape index (κ3) is 8.64. The van der Waals surface area contributed by atoms with Gasteiger partial charge < -0.3 is 5.11 Å². The van der Waals surface area contributed by atoms with Crippen molar-refractivity contribution in [2.75, 3.05) is 0 Å². The van der Waals surface area contributed by atoms with E-state index >= 15 is 0 Å². The Morgan fingerprint density at radius 2 is 1.88 bits per heavy atom. The van der Waals surface area contributed by atoms with Crippen LogP contribution in [0.5, 0.6) is 0 Å². The van der Waals surface area contributed by atoms with E-state index in [1.54, 1.807) is 25.2 Å². The second kappa shape index (κ2) is 7.23. The Hall–Kier alpha value is -1.15. The molecular weight excluding hydrogens is 212 g/mol. The summed E-state index contributed by atoms with van der Waals surface area (Å²) < 4.78 is 0. The van der Waals surface area contributed by atoms with Crippen molar-refractivity contribution in [3.63, 3.8) is 0 Å². The van der Waals surface area contributed by atoms with Crippen molar-refractivity contribution < 1.29 is 9.90 Å². The van der Waals surface area contributed by atoms with Crippen LogP contribution >= 0.6 is 0 Å². The number of rotatable bonds is 7. The van der Waals surface area contributed by atoms with Crippen LogP contribution in [0.3, 0.4) is 0 Å². The highest BCUT2D eigenvalue weighted by molar-refractivity contribution is 5.99. The average molecular weight is 236 g/mol. The molecule has 96 valence electrons. The Morgan fingerprint density at radius 3 is 2.35 bits per heavy atom. The summed E-state index contributed by atoms with van der Waals surface area (Å²) >= 11 is 0. The number of ketones is 1. The van der Waals surface area contributed by atoms with Crippen LogP contribution < -0.4 is 0 Å². The predicted octanol–water partition coefficient (Wildman–Crippen LogP) is 3.58. The first-order chi connectivity index (χ1) is 7.76. The maximum Gasteiger partial charge on any atom is 0.178 e. The normalized spacial score (nSPS) is 15.0. The minimum atomic E-state index is -0.801. The quantitative estimate of drug-likeness (QED) is 0.542. The summed E-state index contributed by atoms with van der Waals surface area (Å²) in [5.74, 6) is 0.0398. The Bertz CT molecular complexity index is 329. The highest BCUT2D eigenvalue weighted by Gasteiger charge is 2.13. The molecule has 0 saturated carbocycles. The Labute approximate surface area is 105 Å². The molecule has 0 aromatic rings. The molecule has 2 heteroatoms. The second-order valence-electron chi connectivity index (χ2n) is 5.03. The average Bonchev–Trinajstić information content (AvgIpc) is 2.15. The van der Waals surface area contributed by atoms with Crippen LogP contribution in [0.4, 0.5) is 0 Å². The summed E-state index contributed by atoms with van der Waals surface area (Å²) in [4.78, 5) is 11.5. The van der Waals surface area contributed by atoms with E-state index in [2.05, 4.69) is 6.58 Å². The summed E-state index contributed by atoms with van der Waals surface area (Å²) in [7, 11) is 0. The highest BCUT2D eigenvalue weighted by atomic mass is 16.3. The van der Waals surface area contributed by atoms with E-state index in [0.717, 1.165) is 24.0 Å². The number of hydrogen-bond donors (Lipinski definition) is 1. The van der Waals surface area contributed by atoms with Crippen molar-refractivity contribution in [2.24, 2.45) is 0 Å². The number of carbonyl (C=O) groups is 1. The van der Waals surface area contributed by atoms with E-state index in [4.69, 9.17) is 0 Å². The van der Waals surface area contributed by atoms with Crippen molar-refractivity contribution in [3.8, 4) is 0 Å². The molecule has 2 nitrogen and oxygen atoms in total. The van der Waals surface area contributed by atoms with Gasteiger partial charge in [0.05, 0.1) is 5.60 Å². The van der Waals surface area contributed by atoms with Gasteiger partial charge in [0.25, 0.3) is 0 Å². The van der Waals surface area contributed by atoms with Crippen molar-refractivity contribution in [1.29, 1.82) is 0 Å². The molecule has 0 aliphatic carbocycles. The van der Waals surface area contributed by atoms with Gasteiger partial charge in [0.1, 0.15) is 0 Å². The fourth-order valence-corrected chi connectivity index (χ4v) is 1.47. The Kier molecular flexibility index (Phi) is 6.74. The maximum absolute atomic E-state index is 11.5. The zero-order valence-corrected chi connectivity index (χ0v) is 11.4. The van der Waals surface area contributed by atoms with E-state index in [9.17, 15) is 9.90 Å². The van der Waals surface area contributed by atoms with Gasteiger partial charge in [0.2, 0.25) is 0 Å². The Balaban J connectivity index is 4.15. The fourth-order valence-electron chi connectivity index (χ4n) is 1.47. The number of allylic oxidation sites excluding steroid dienone is 4. The van der Waals surface area contributed by atoms with Crippen LogP contribution in [-0.4, -0.2) is 16.5 Å². The van der Waals surface area contributed by atoms with E-state index in [1.807, 2.05) is 20.8 Å².